The van der Waals surface area contributed by atoms with Crippen LogP contribution in [0.25, 0.3) is 0 Å². The molecule has 0 saturated heterocycles. The van der Waals surface area contributed by atoms with Gasteiger partial charge in [0.25, 0.3) is 0 Å². The fraction of sp³-hybridized carbons (Fsp3) is 0.267. The second-order valence-corrected chi connectivity index (χ2v) is 6.19. The standard InChI is InChI=1S/C15H16Cl2N2S/c1-9-8-13(16)19-15(17)14(9)18-10(2)11-4-6-12(20-3)7-5-11/h4-8,10,18H,1-3H3. The number of hydrogen-bond donors (Lipinski definition) is 1. The zero-order chi connectivity index (χ0) is 14.7. The minimum Gasteiger partial charge on any atom is -0.376 e. The average Bonchev–Trinajstić information content (AvgIpc) is 2.42. The highest BCUT2D eigenvalue weighted by atomic mass is 35.5. The predicted octanol–water partition coefficient (Wildman–Crippen LogP) is 5.59. The molecule has 5 heteroatoms. The zero-order valence-electron chi connectivity index (χ0n) is 11.6. The first-order valence-corrected chi connectivity index (χ1v) is 8.22. The largest absolute Gasteiger partial charge is 0.376 e. The number of pyridine rings is 1. The summed E-state index contributed by atoms with van der Waals surface area (Å²) in [6.45, 7) is 4.06. The van der Waals surface area contributed by atoms with Gasteiger partial charge >= 0.3 is 0 Å². The second-order valence-electron chi connectivity index (χ2n) is 4.57. The molecule has 0 amide bonds. The first-order chi connectivity index (χ1) is 9.51. The van der Waals surface area contributed by atoms with Gasteiger partial charge in [0.15, 0.2) is 5.15 Å². The van der Waals surface area contributed by atoms with Gasteiger partial charge in [0.05, 0.1) is 5.69 Å². The van der Waals surface area contributed by atoms with E-state index in [0.717, 1.165) is 11.3 Å². The Balaban J connectivity index is 2.20. The Morgan fingerprint density at radius 2 is 1.85 bits per heavy atom. The fourth-order valence-corrected chi connectivity index (χ4v) is 2.96. The third-order valence-electron chi connectivity index (χ3n) is 3.12. The van der Waals surface area contributed by atoms with Crippen LogP contribution >= 0.6 is 35.0 Å². The molecule has 1 atom stereocenters. The smallest absolute Gasteiger partial charge is 0.154 e. The molecule has 0 aliphatic rings. The lowest BCUT2D eigenvalue weighted by atomic mass is 10.1. The monoisotopic (exact) mass is 326 g/mol. The summed E-state index contributed by atoms with van der Waals surface area (Å²) < 4.78 is 0. The molecule has 1 N–H and O–H groups in total. The molecule has 20 heavy (non-hydrogen) atoms. The van der Waals surface area contributed by atoms with Gasteiger partial charge in [-0.1, -0.05) is 35.3 Å². The molecular weight excluding hydrogens is 311 g/mol. The van der Waals surface area contributed by atoms with E-state index in [4.69, 9.17) is 23.2 Å². The Hall–Kier alpha value is -0.900. The van der Waals surface area contributed by atoms with Crippen LogP contribution in [0, 0.1) is 6.92 Å². The Kier molecular flexibility index (Phi) is 5.19. The fourth-order valence-electron chi connectivity index (χ4n) is 1.96. The third kappa shape index (κ3) is 3.60. The highest BCUT2D eigenvalue weighted by Crippen LogP contribution is 2.30. The first-order valence-electron chi connectivity index (χ1n) is 6.24. The molecule has 106 valence electrons. The minimum atomic E-state index is 0.144. The van der Waals surface area contributed by atoms with E-state index in [2.05, 4.69) is 47.7 Å². The maximum absolute atomic E-state index is 6.15. The van der Waals surface area contributed by atoms with E-state index in [9.17, 15) is 0 Å². The van der Waals surface area contributed by atoms with E-state index in [1.165, 1.54) is 10.5 Å². The van der Waals surface area contributed by atoms with E-state index in [1.807, 2.05) is 6.92 Å². The highest BCUT2D eigenvalue weighted by molar-refractivity contribution is 7.98. The maximum Gasteiger partial charge on any atom is 0.154 e. The average molecular weight is 327 g/mol. The lowest BCUT2D eigenvalue weighted by Crippen LogP contribution is -2.08. The van der Waals surface area contributed by atoms with E-state index >= 15 is 0 Å². The number of nitrogens with one attached hydrogen (secondary N) is 1. The number of thioether (sulfide) groups is 1. The molecule has 0 spiro atoms. The van der Waals surface area contributed by atoms with Gasteiger partial charge in [-0.25, -0.2) is 4.98 Å². The molecule has 1 unspecified atom stereocenters. The van der Waals surface area contributed by atoms with Crippen LogP contribution in [-0.2, 0) is 0 Å². The molecule has 0 saturated carbocycles. The van der Waals surface area contributed by atoms with Crippen molar-refractivity contribution in [1.29, 1.82) is 0 Å². The van der Waals surface area contributed by atoms with Crippen molar-refractivity contribution >= 4 is 40.7 Å². The molecule has 2 rings (SSSR count). The van der Waals surface area contributed by atoms with Crippen molar-refractivity contribution in [1.82, 2.24) is 4.98 Å². The number of benzene rings is 1. The van der Waals surface area contributed by atoms with Crippen molar-refractivity contribution in [3.63, 3.8) is 0 Å². The Labute approximate surface area is 133 Å². The van der Waals surface area contributed by atoms with Crippen molar-refractivity contribution in [3.05, 3.63) is 51.8 Å². The van der Waals surface area contributed by atoms with Crippen LogP contribution in [-0.4, -0.2) is 11.2 Å². The highest BCUT2D eigenvalue weighted by Gasteiger charge is 2.12. The molecule has 1 aromatic heterocycles. The van der Waals surface area contributed by atoms with Crippen molar-refractivity contribution in [2.75, 3.05) is 11.6 Å². The number of hydrogen-bond acceptors (Lipinski definition) is 3. The van der Waals surface area contributed by atoms with E-state index in [1.54, 1.807) is 17.8 Å². The Morgan fingerprint density at radius 1 is 1.20 bits per heavy atom. The number of anilines is 1. The number of aromatic nitrogens is 1. The molecule has 2 nitrogen and oxygen atoms in total. The van der Waals surface area contributed by atoms with E-state index < -0.39 is 0 Å². The van der Waals surface area contributed by atoms with Gasteiger partial charge in [0.2, 0.25) is 0 Å². The molecule has 1 heterocycles. The normalized spacial score (nSPS) is 12.2. The van der Waals surface area contributed by atoms with Crippen LogP contribution in [0.15, 0.2) is 35.2 Å². The Bertz CT molecular complexity index is 576. The van der Waals surface area contributed by atoms with Crippen molar-refractivity contribution in [2.24, 2.45) is 0 Å². The maximum atomic E-state index is 6.15. The van der Waals surface area contributed by atoms with Crippen LogP contribution in [0.1, 0.15) is 24.1 Å². The lowest BCUT2D eigenvalue weighted by Gasteiger charge is -2.18. The summed E-state index contributed by atoms with van der Waals surface area (Å²) in [7, 11) is 0. The third-order valence-corrected chi connectivity index (χ3v) is 4.33. The van der Waals surface area contributed by atoms with Gasteiger partial charge in [0.1, 0.15) is 5.15 Å². The SMILES string of the molecule is CSc1ccc(C(C)Nc2c(C)cc(Cl)nc2Cl)cc1. The summed E-state index contributed by atoms with van der Waals surface area (Å²) >= 11 is 13.8. The summed E-state index contributed by atoms with van der Waals surface area (Å²) in [5, 5.41) is 4.22. The van der Waals surface area contributed by atoms with Crippen LogP contribution < -0.4 is 5.32 Å². The van der Waals surface area contributed by atoms with Crippen LogP contribution in [0.5, 0.6) is 0 Å². The quantitative estimate of drug-likeness (QED) is 0.585. The minimum absolute atomic E-state index is 0.144. The second kappa shape index (κ2) is 6.70. The molecule has 2 aromatic rings. The predicted molar refractivity (Wildman–Crippen MR) is 89.3 cm³/mol. The topological polar surface area (TPSA) is 24.9 Å². The van der Waals surface area contributed by atoms with Gasteiger partial charge < -0.3 is 5.32 Å². The van der Waals surface area contributed by atoms with Crippen molar-refractivity contribution in [2.45, 2.75) is 24.8 Å². The molecule has 0 bridgehead atoms. The van der Waals surface area contributed by atoms with Crippen molar-refractivity contribution < 1.29 is 0 Å². The van der Waals surface area contributed by atoms with Gasteiger partial charge in [-0.3, -0.25) is 0 Å². The van der Waals surface area contributed by atoms with Gasteiger partial charge in [-0.2, -0.15) is 0 Å². The molecule has 0 aliphatic carbocycles. The van der Waals surface area contributed by atoms with Crippen LogP contribution in [0.4, 0.5) is 5.69 Å². The summed E-state index contributed by atoms with van der Waals surface area (Å²) in [5.41, 5.74) is 3.02. The number of rotatable bonds is 4. The summed E-state index contributed by atoms with van der Waals surface area (Å²) in [6, 6.07) is 10.4. The molecule has 1 aromatic carbocycles. The summed E-state index contributed by atoms with van der Waals surface area (Å²) in [4.78, 5) is 5.33. The summed E-state index contributed by atoms with van der Waals surface area (Å²) in [6.07, 6.45) is 2.07. The Morgan fingerprint density at radius 3 is 2.40 bits per heavy atom. The first kappa shape index (κ1) is 15.5. The van der Waals surface area contributed by atoms with E-state index in [-0.39, 0.29) is 6.04 Å². The molecule has 0 fully saturated rings. The molecule has 0 aliphatic heterocycles. The van der Waals surface area contributed by atoms with Crippen LogP contribution in [0.3, 0.4) is 0 Å². The van der Waals surface area contributed by atoms with Crippen LogP contribution in [0.2, 0.25) is 10.3 Å². The molecule has 0 radical (unpaired) electrons. The van der Waals surface area contributed by atoms with E-state index in [0.29, 0.717) is 10.3 Å². The lowest BCUT2D eigenvalue weighted by molar-refractivity contribution is 0.878. The summed E-state index contributed by atoms with van der Waals surface area (Å²) in [5.74, 6) is 0. The van der Waals surface area contributed by atoms with Gasteiger partial charge in [-0.15, -0.1) is 11.8 Å². The van der Waals surface area contributed by atoms with Crippen molar-refractivity contribution in [3.8, 4) is 0 Å². The molecular formula is C15H16Cl2N2S. The van der Waals surface area contributed by atoms with Gasteiger partial charge in [0, 0.05) is 10.9 Å². The number of nitrogens with zero attached hydrogens (tertiary/aromatic N) is 1. The number of halogens is 2. The van der Waals surface area contributed by atoms with Gasteiger partial charge in [-0.05, 0) is 49.4 Å². The zero-order valence-corrected chi connectivity index (χ0v) is 13.9. The number of aryl methyl sites for hydroxylation is 1.